The monoisotopic (exact) mass is 283 g/mol. The van der Waals surface area contributed by atoms with Gasteiger partial charge in [0.1, 0.15) is 0 Å². The predicted molar refractivity (Wildman–Crippen MR) is 50.6 cm³/mol. The molecule has 0 fully saturated rings. The number of aldehydes is 1. The second-order valence-corrected chi connectivity index (χ2v) is 3.40. The van der Waals surface area contributed by atoms with Crippen LogP contribution >= 0.6 is 15.9 Å². The van der Waals surface area contributed by atoms with Crippen molar-refractivity contribution in [1.29, 1.82) is 0 Å². The van der Waals surface area contributed by atoms with Crippen LogP contribution in [0.3, 0.4) is 0 Å². The quantitative estimate of drug-likeness (QED) is 0.671. The average Bonchev–Trinajstić information content (AvgIpc) is 2.10. The van der Waals surface area contributed by atoms with E-state index in [-0.39, 0.29) is 22.0 Å². The summed E-state index contributed by atoms with van der Waals surface area (Å²) in [5.74, 6) is -0.627. The van der Waals surface area contributed by atoms with Crippen LogP contribution in [0.15, 0.2) is 16.6 Å². The Morgan fingerprint density at radius 2 is 2.00 bits per heavy atom. The molecule has 7 heteroatoms. The number of hydrogen-bond acceptors (Lipinski definition) is 3. The summed E-state index contributed by atoms with van der Waals surface area (Å²) in [7, 11) is 0. The summed E-state index contributed by atoms with van der Waals surface area (Å²) in [6, 6.07) is 2.57. The lowest BCUT2D eigenvalue weighted by Crippen LogP contribution is -2.18. The molecule has 3 nitrogen and oxygen atoms in total. The van der Waals surface area contributed by atoms with Crippen LogP contribution in [0.5, 0.6) is 5.75 Å². The Hall–Kier alpha value is -1.24. The smallest absolute Gasteiger partial charge is 0.404 e. The third kappa shape index (κ3) is 2.85. The molecular formula is C8H5BrF3NO2. The van der Waals surface area contributed by atoms with Gasteiger partial charge in [0, 0.05) is 5.69 Å². The van der Waals surface area contributed by atoms with Crippen LogP contribution in [0, 0.1) is 0 Å². The van der Waals surface area contributed by atoms with Gasteiger partial charge in [-0.3, -0.25) is 4.79 Å². The molecule has 0 radical (unpaired) electrons. The molecule has 0 amide bonds. The maximum Gasteiger partial charge on any atom is 0.573 e. The van der Waals surface area contributed by atoms with Gasteiger partial charge >= 0.3 is 6.36 Å². The van der Waals surface area contributed by atoms with Gasteiger partial charge in [-0.1, -0.05) is 0 Å². The number of carbonyl (C=O) groups is 1. The average molecular weight is 284 g/mol. The molecule has 15 heavy (non-hydrogen) atoms. The first-order valence-corrected chi connectivity index (χ1v) is 4.43. The van der Waals surface area contributed by atoms with Gasteiger partial charge in [0.25, 0.3) is 0 Å². The first-order chi connectivity index (χ1) is 6.85. The molecule has 0 aliphatic carbocycles. The highest BCUT2D eigenvalue weighted by atomic mass is 79.9. The molecule has 2 N–H and O–H groups in total. The summed E-state index contributed by atoms with van der Waals surface area (Å²) in [5, 5.41) is 0. The molecule has 82 valence electrons. The van der Waals surface area contributed by atoms with Gasteiger partial charge in [-0.05, 0) is 28.1 Å². The number of halogens is 4. The number of carbonyl (C=O) groups excluding carboxylic acids is 1. The summed E-state index contributed by atoms with van der Waals surface area (Å²) < 4.78 is 39.6. The molecule has 0 bridgehead atoms. The summed E-state index contributed by atoms with van der Waals surface area (Å²) >= 11 is 2.84. The van der Waals surface area contributed by atoms with E-state index in [1.54, 1.807) is 0 Å². The number of benzene rings is 1. The molecule has 0 unspecified atom stereocenters. The Morgan fingerprint density at radius 1 is 1.40 bits per heavy atom. The first-order valence-electron chi connectivity index (χ1n) is 3.64. The third-order valence-corrected chi connectivity index (χ3v) is 2.14. The van der Waals surface area contributed by atoms with E-state index in [1.807, 2.05) is 0 Å². The zero-order valence-electron chi connectivity index (χ0n) is 7.14. The number of ether oxygens (including phenoxy) is 1. The maximum atomic E-state index is 12.0. The summed E-state index contributed by atoms with van der Waals surface area (Å²) in [4.78, 5) is 10.5. The van der Waals surface area contributed by atoms with E-state index in [0.29, 0.717) is 0 Å². The van der Waals surface area contributed by atoms with E-state index in [9.17, 15) is 18.0 Å². The summed E-state index contributed by atoms with van der Waals surface area (Å²) in [6.45, 7) is 0. The molecule has 0 aliphatic rings. The number of nitrogens with two attached hydrogens (primary N) is 1. The van der Waals surface area contributed by atoms with Crippen molar-refractivity contribution in [3.63, 3.8) is 0 Å². The van der Waals surface area contributed by atoms with E-state index in [2.05, 4.69) is 20.7 Å². The molecule has 0 heterocycles. The van der Waals surface area contributed by atoms with Crippen LogP contribution in [0.4, 0.5) is 18.9 Å². The molecule has 0 saturated carbocycles. The van der Waals surface area contributed by atoms with Crippen molar-refractivity contribution in [1.82, 2.24) is 0 Å². The van der Waals surface area contributed by atoms with Crippen molar-refractivity contribution in [3.8, 4) is 5.75 Å². The number of hydrogen-bond donors (Lipinski definition) is 1. The van der Waals surface area contributed by atoms with Gasteiger partial charge in [-0.15, -0.1) is 13.2 Å². The number of alkyl halides is 3. The minimum atomic E-state index is -4.87. The fraction of sp³-hybridized carbons (Fsp3) is 0.125. The SMILES string of the molecule is Nc1ccc(Br)c(OC(F)(F)F)c1C=O. The van der Waals surface area contributed by atoms with Crippen molar-refractivity contribution >= 4 is 27.9 Å². The fourth-order valence-corrected chi connectivity index (χ4v) is 1.36. The van der Waals surface area contributed by atoms with E-state index in [1.165, 1.54) is 12.1 Å². The van der Waals surface area contributed by atoms with Crippen LogP contribution in [0.2, 0.25) is 0 Å². The fourth-order valence-electron chi connectivity index (χ4n) is 0.929. The van der Waals surface area contributed by atoms with Crippen molar-refractivity contribution in [2.24, 2.45) is 0 Å². The highest BCUT2D eigenvalue weighted by Crippen LogP contribution is 2.35. The second kappa shape index (κ2) is 4.09. The Bertz CT molecular complexity index is 392. The molecule has 1 rings (SSSR count). The second-order valence-electron chi connectivity index (χ2n) is 2.55. The van der Waals surface area contributed by atoms with Gasteiger partial charge in [0.2, 0.25) is 0 Å². The van der Waals surface area contributed by atoms with Crippen LogP contribution in [0.1, 0.15) is 10.4 Å². The first kappa shape index (κ1) is 11.8. The third-order valence-electron chi connectivity index (χ3n) is 1.52. The Labute approximate surface area is 91.1 Å². The van der Waals surface area contributed by atoms with Crippen molar-refractivity contribution < 1.29 is 22.7 Å². The van der Waals surface area contributed by atoms with E-state index in [0.717, 1.165) is 0 Å². The summed E-state index contributed by atoms with van der Waals surface area (Å²) in [5.41, 5.74) is 4.91. The number of nitrogen functional groups attached to an aromatic ring is 1. The van der Waals surface area contributed by atoms with Gasteiger partial charge in [-0.25, -0.2) is 0 Å². The maximum absolute atomic E-state index is 12.0. The molecule has 0 saturated heterocycles. The van der Waals surface area contributed by atoms with Gasteiger partial charge in [0.15, 0.2) is 12.0 Å². The molecule has 0 atom stereocenters. The predicted octanol–water partition coefficient (Wildman–Crippen LogP) is 2.74. The Balaban J connectivity index is 3.25. The van der Waals surface area contributed by atoms with E-state index < -0.39 is 12.1 Å². The van der Waals surface area contributed by atoms with Gasteiger partial charge in [-0.2, -0.15) is 0 Å². The molecule has 1 aromatic rings. The molecule has 1 aromatic carbocycles. The summed E-state index contributed by atoms with van der Waals surface area (Å²) in [6.07, 6.45) is -4.66. The van der Waals surface area contributed by atoms with Crippen LogP contribution in [0.25, 0.3) is 0 Å². The minimum Gasteiger partial charge on any atom is -0.404 e. The normalized spacial score (nSPS) is 11.2. The standard InChI is InChI=1S/C8H5BrF3NO2/c9-5-1-2-6(13)4(3-14)7(5)15-8(10,11)12/h1-3H,13H2. The van der Waals surface area contributed by atoms with Crippen molar-refractivity contribution in [3.05, 3.63) is 22.2 Å². The molecule has 0 aromatic heterocycles. The lowest BCUT2D eigenvalue weighted by atomic mass is 10.2. The van der Waals surface area contributed by atoms with E-state index >= 15 is 0 Å². The van der Waals surface area contributed by atoms with Crippen LogP contribution < -0.4 is 10.5 Å². The Kier molecular flexibility index (Phi) is 3.23. The highest BCUT2D eigenvalue weighted by Gasteiger charge is 2.33. The topological polar surface area (TPSA) is 52.3 Å². The zero-order chi connectivity index (χ0) is 11.6. The van der Waals surface area contributed by atoms with E-state index in [4.69, 9.17) is 5.73 Å². The molecule has 0 aliphatic heterocycles. The molecular weight excluding hydrogens is 279 g/mol. The number of anilines is 1. The Morgan fingerprint density at radius 3 is 2.47 bits per heavy atom. The van der Waals surface area contributed by atoms with Crippen molar-refractivity contribution in [2.45, 2.75) is 6.36 Å². The molecule has 0 spiro atoms. The lowest BCUT2D eigenvalue weighted by molar-refractivity contribution is -0.274. The van der Waals surface area contributed by atoms with Gasteiger partial charge in [0.05, 0.1) is 10.0 Å². The minimum absolute atomic E-state index is 0.0103. The van der Waals surface area contributed by atoms with Gasteiger partial charge < -0.3 is 10.5 Å². The highest BCUT2D eigenvalue weighted by molar-refractivity contribution is 9.10. The largest absolute Gasteiger partial charge is 0.573 e. The van der Waals surface area contributed by atoms with Crippen LogP contribution in [-0.4, -0.2) is 12.6 Å². The van der Waals surface area contributed by atoms with Crippen molar-refractivity contribution in [2.75, 3.05) is 5.73 Å². The lowest BCUT2D eigenvalue weighted by Gasteiger charge is -2.13. The van der Waals surface area contributed by atoms with Crippen LogP contribution in [-0.2, 0) is 0 Å². The zero-order valence-corrected chi connectivity index (χ0v) is 8.72. The number of rotatable bonds is 2.